The smallest absolute Gasteiger partial charge is 0.127 e. The van der Waals surface area contributed by atoms with E-state index in [1.54, 1.807) is 6.07 Å². The second kappa shape index (κ2) is 5.98. The summed E-state index contributed by atoms with van der Waals surface area (Å²) in [4.78, 5) is 1.39. The SMILES string of the molecule is C[C@@H](NCC1Cc2ccccc2S1)c1ccccc1F. The third kappa shape index (κ3) is 2.89. The Morgan fingerprint density at radius 1 is 1.20 bits per heavy atom. The molecule has 2 aromatic rings. The Morgan fingerprint density at radius 3 is 2.75 bits per heavy atom. The normalized spacial score (nSPS) is 18.8. The third-order valence-corrected chi connectivity index (χ3v) is 5.06. The lowest BCUT2D eigenvalue weighted by atomic mass is 10.1. The fraction of sp³-hybridized carbons (Fsp3) is 0.294. The molecule has 0 bridgehead atoms. The van der Waals surface area contributed by atoms with Crippen molar-refractivity contribution in [2.75, 3.05) is 6.54 Å². The number of nitrogens with one attached hydrogen (secondary N) is 1. The highest BCUT2D eigenvalue weighted by Crippen LogP contribution is 2.36. The Kier molecular flexibility index (Phi) is 4.08. The van der Waals surface area contributed by atoms with Gasteiger partial charge in [-0.1, -0.05) is 36.4 Å². The zero-order chi connectivity index (χ0) is 13.9. The predicted molar refractivity (Wildman–Crippen MR) is 82.6 cm³/mol. The van der Waals surface area contributed by atoms with Crippen molar-refractivity contribution in [3.8, 4) is 0 Å². The summed E-state index contributed by atoms with van der Waals surface area (Å²) in [6.45, 7) is 2.92. The first kappa shape index (κ1) is 13.7. The maximum absolute atomic E-state index is 13.7. The van der Waals surface area contributed by atoms with E-state index in [9.17, 15) is 4.39 Å². The number of halogens is 1. The molecule has 0 fully saturated rings. The lowest BCUT2D eigenvalue weighted by Gasteiger charge is -2.17. The monoisotopic (exact) mass is 287 g/mol. The molecule has 2 aromatic carbocycles. The molecular formula is C17H18FNS. The largest absolute Gasteiger partial charge is 0.309 e. The van der Waals surface area contributed by atoms with E-state index in [0.717, 1.165) is 18.5 Å². The van der Waals surface area contributed by atoms with Gasteiger partial charge >= 0.3 is 0 Å². The third-order valence-electron chi connectivity index (χ3n) is 3.74. The van der Waals surface area contributed by atoms with Crippen LogP contribution in [0, 0.1) is 5.82 Å². The summed E-state index contributed by atoms with van der Waals surface area (Å²) in [6, 6.07) is 15.6. The summed E-state index contributed by atoms with van der Waals surface area (Å²) in [5, 5.41) is 4.00. The van der Waals surface area contributed by atoms with Crippen LogP contribution >= 0.6 is 11.8 Å². The molecule has 1 aliphatic rings. The minimum atomic E-state index is -0.130. The molecule has 0 saturated heterocycles. The van der Waals surface area contributed by atoms with E-state index in [2.05, 4.69) is 29.6 Å². The maximum atomic E-state index is 13.7. The molecule has 0 aromatic heterocycles. The Labute approximate surface area is 123 Å². The first-order valence-corrected chi connectivity index (χ1v) is 7.84. The molecule has 1 N–H and O–H groups in total. The van der Waals surface area contributed by atoms with Crippen molar-refractivity contribution in [1.29, 1.82) is 0 Å². The highest BCUT2D eigenvalue weighted by Gasteiger charge is 2.22. The van der Waals surface area contributed by atoms with E-state index in [1.807, 2.05) is 30.8 Å². The van der Waals surface area contributed by atoms with E-state index in [1.165, 1.54) is 16.5 Å². The van der Waals surface area contributed by atoms with Crippen LogP contribution < -0.4 is 5.32 Å². The Morgan fingerprint density at radius 2 is 1.95 bits per heavy atom. The van der Waals surface area contributed by atoms with Crippen LogP contribution in [-0.2, 0) is 6.42 Å². The molecule has 0 spiro atoms. The van der Waals surface area contributed by atoms with Gasteiger partial charge in [0.1, 0.15) is 5.82 Å². The molecule has 0 radical (unpaired) electrons. The summed E-state index contributed by atoms with van der Waals surface area (Å²) in [5.74, 6) is -0.130. The molecule has 1 nitrogen and oxygen atoms in total. The van der Waals surface area contributed by atoms with Crippen LogP contribution in [0.15, 0.2) is 53.4 Å². The summed E-state index contributed by atoms with van der Waals surface area (Å²) in [6.07, 6.45) is 1.10. The zero-order valence-corrected chi connectivity index (χ0v) is 12.3. The van der Waals surface area contributed by atoms with Crippen LogP contribution in [0.5, 0.6) is 0 Å². The predicted octanol–water partition coefficient (Wildman–Crippen LogP) is 4.19. The summed E-state index contributed by atoms with van der Waals surface area (Å²) in [7, 11) is 0. The number of thioether (sulfide) groups is 1. The van der Waals surface area contributed by atoms with Crippen molar-refractivity contribution < 1.29 is 4.39 Å². The molecule has 1 heterocycles. The van der Waals surface area contributed by atoms with Gasteiger partial charge in [0.05, 0.1) is 0 Å². The Balaban J connectivity index is 1.58. The minimum Gasteiger partial charge on any atom is -0.309 e. The quantitative estimate of drug-likeness (QED) is 0.904. The lowest BCUT2D eigenvalue weighted by Crippen LogP contribution is -2.27. The van der Waals surface area contributed by atoms with Gasteiger partial charge in [-0.25, -0.2) is 4.39 Å². The average molecular weight is 287 g/mol. The van der Waals surface area contributed by atoms with Gasteiger partial charge in [0.15, 0.2) is 0 Å². The molecule has 3 heteroatoms. The van der Waals surface area contributed by atoms with Gasteiger partial charge in [-0.15, -0.1) is 11.8 Å². The fourth-order valence-corrected chi connectivity index (χ4v) is 3.87. The van der Waals surface area contributed by atoms with E-state index in [0.29, 0.717) is 5.25 Å². The second-order valence-electron chi connectivity index (χ2n) is 5.20. The van der Waals surface area contributed by atoms with Gasteiger partial charge in [0, 0.05) is 28.3 Å². The van der Waals surface area contributed by atoms with Crippen molar-refractivity contribution in [1.82, 2.24) is 5.32 Å². The number of rotatable bonds is 4. The van der Waals surface area contributed by atoms with E-state index < -0.39 is 0 Å². The van der Waals surface area contributed by atoms with Gasteiger partial charge in [-0.05, 0) is 31.0 Å². The van der Waals surface area contributed by atoms with Crippen LogP contribution in [-0.4, -0.2) is 11.8 Å². The van der Waals surface area contributed by atoms with Gasteiger partial charge in [0.25, 0.3) is 0 Å². The van der Waals surface area contributed by atoms with Crippen LogP contribution in [0.1, 0.15) is 24.1 Å². The molecular weight excluding hydrogens is 269 g/mol. The summed E-state index contributed by atoms with van der Waals surface area (Å²) < 4.78 is 13.7. The molecule has 0 saturated carbocycles. The Hall–Kier alpha value is -1.32. The lowest BCUT2D eigenvalue weighted by molar-refractivity contribution is 0.526. The first-order chi connectivity index (χ1) is 9.74. The fourth-order valence-electron chi connectivity index (χ4n) is 2.61. The van der Waals surface area contributed by atoms with Gasteiger partial charge in [-0.2, -0.15) is 0 Å². The maximum Gasteiger partial charge on any atom is 0.127 e. The molecule has 0 aliphatic carbocycles. The summed E-state index contributed by atoms with van der Waals surface area (Å²) in [5.41, 5.74) is 2.18. The van der Waals surface area contributed by atoms with Crippen LogP contribution in [0.3, 0.4) is 0 Å². The standard InChI is InChI=1S/C17H18FNS/c1-12(15-7-3-4-8-16(15)18)19-11-14-10-13-6-2-5-9-17(13)20-14/h2-9,12,14,19H,10-11H2,1H3/t12-,14?/m1/s1. The van der Waals surface area contributed by atoms with Gasteiger partial charge < -0.3 is 5.32 Å². The van der Waals surface area contributed by atoms with Crippen molar-refractivity contribution in [2.24, 2.45) is 0 Å². The van der Waals surface area contributed by atoms with E-state index in [-0.39, 0.29) is 11.9 Å². The number of fused-ring (bicyclic) bond motifs is 1. The molecule has 104 valence electrons. The van der Waals surface area contributed by atoms with Crippen molar-refractivity contribution in [2.45, 2.75) is 29.5 Å². The van der Waals surface area contributed by atoms with Crippen molar-refractivity contribution in [3.63, 3.8) is 0 Å². The summed E-state index contributed by atoms with van der Waals surface area (Å²) >= 11 is 1.92. The van der Waals surface area contributed by atoms with Gasteiger partial charge in [0.2, 0.25) is 0 Å². The minimum absolute atomic E-state index is 0.0421. The topological polar surface area (TPSA) is 12.0 Å². The van der Waals surface area contributed by atoms with Crippen LogP contribution in [0.2, 0.25) is 0 Å². The molecule has 1 aliphatic heterocycles. The Bertz CT molecular complexity index is 574. The zero-order valence-electron chi connectivity index (χ0n) is 11.5. The number of hydrogen-bond donors (Lipinski definition) is 1. The van der Waals surface area contributed by atoms with Gasteiger partial charge in [-0.3, -0.25) is 0 Å². The van der Waals surface area contributed by atoms with E-state index >= 15 is 0 Å². The second-order valence-corrected chi connectivity index (χ2v) is 6.55. The molecule has 20 heavy (non-hydrogen) atoms. The van der Waals surface area contributed by atoms with Crippen molar-refractivity contribution in [3.05, 3.63) is 65.5 Å². The molecule has 1 unspecified atom stereocenters. The van der Waals surface area contributed by atoms with E-state index in [4.69, 9.17) is 0 Å². The number of benzene rings is 2. The number of hydrogen-bond acceptors (Lipinski definition) is 2. The van der Waals surface area contributed by atoms with Crippen molar-refractivity contribution >= 4 is 11.8 Å². The molecule has 0 amide bonds. The van der Waals surface area contributed by atoms with Crippen LogP contribution in [0.4, 0.5) is 4.39 Å². The highest BCUT2D eigenvalue weighted by atomic mass is 32.2. The average Bonchev–Trinajstić information content (AvgIpc) is 2.88. The van der Waals surface area contributed by atoms with Crippen LogP contribution in [0.25, 0.3) is 0 Å². The molecule has 3 rings (SSSR count). The molecule has 2 atom stereocenters. The first-order valence-electron chi connectivity index (χ1n) is 6.96. The highest BCUT2D eigenvalue weighted by molar-refractivity contribution is 8.00.